The van der Waals surface area contributed by atoms with Crippen molar-refractivity contribution in [1.29, 1.82) is 0 Å². The number of carboxylic acids is 1. The van der Waals surface area contributed by atoms with Crippen molar-refractivity contribution < 1.29 is 14.7 Å². The summed E-state index contributed by atoms with van der Waals surface area (Å²) in [6.07, 6.45) is 3.54. The number of rotatable bonds is 8. The van der Waals surface area contributed by atoms with Crippen LogP contribution in [0.15, 0.2) is 43.0 Å². The van der Waals surface area contributed by atoms with Gasteiger partial charge in [-0.05, 0) is 12.0 Å². The molecule has 0 aliphatic carbocycles. The van der Waals surface area contributed by atoms with Crippen molar-refractivity contribution in [3.05, 3.63) is 48.5 Å². The molecular formula is C16H20N4O3. The van der Waals surface area contributed by atoms with Crippen LogP contribution in [0.25, 0.3) is 0 Å². The molecule has 1 aromatic heterocycles. The molecule has 23 heavy (non-hydrogen) atoms. The van der Waals surface area contributed by atoms with E-state index in [9.17, 15) is 14.7 Å². The number of hydrogen-bond acceptors (Lipinski definition) is 4. The van der Waals surface area contributed by atoms with E-state index in [0.29, 0.717) is 18.5 Å². The summed E-state index contributed by atoms with van der Waals surface area (Å²) in [5.74, 6) is -1.15. The molecule has 0 saturated heterocycles. The summed E-state index contributed by atoms with van der Waals surface area (Å²) in [4.78, 5) is 27.6. The zero-order valence-electron chi connectivity index (χ0n) is 13.0. The van der Waals surface area contributed by atoms with Crippen LogP contribution in [0.2, 0.25) is 0 Å². The molecule has 2 aromatic rings. The van der Waals surface area contributed by atoms with Crippen LogP contribution in [-0.2, 0) is 21.5 Å². The van der Waals surface area contributed by atoms with Gasteiger partial charge in [-0.2, -0.15) is 5.10 Å². The molecule has 1 atom stereocenters. The highest BCUT2D eigenvalue weighted by Crippen LogP contribution is 2.27. The first-order valence-electron chi connectivity index (χ1n) is 7.46. The number of aromatic nitrogens is 3. The maximum atomic E-state index is 12.0. The Bertz CT molecular complexity index is 643. The van der Waals surface area contributed by atoms with Gasteiger partial charge < -0.3 is 10.4 Å². The number of amides is 1. The highest BCUT2D eigenvalue weighted by atomic mass is 16.4. The van der Waals surface area contributed by atoms with Crippen LogP contribution in [0.3, 0.4) is 0 Å². The molecular weight excluding hydrogens is 296 g/mol. The molecule has 1 unspecified atom stereocenters. The molecule has 0 fully saturated rings. The Morgan fingerprint density at radius 1 is 1.30 bits per heavy atom. The molecule has 1 amide bonds. The predicted octanol–water partition coefficient (Wildman–Crippen LogP) is 1.22. The van der Waals surface area contributed by atoms with Crippen LogP contribution in [0.4, 0.5) is 0 Å². The standard InChI is InChI=1S/C16H20N4O3/c1-2-16(15(22)23,13-6-4-3-5-7-13)10-18-14(21)8-9-20-12-17-11-19-20/h3-7,11-12H,2,8-10H2,1H3,(H,18,21)(H,22,23). The van der Waals surface area contributed by atoms with Crippen molar-refractivity contribution in [2.45, 2.75) is 31.7 Å². The third kappa shape index (κ3) is 3.94. The first-order valence-corrected chi connectivity index (χ1v) is 7.46. The number of nitrogens with zero attached hydrogens (tertiary/aromatic N) is 3. The Hall–Kier alpha value is -2.70. The van der Waals surface area contributed by atoms with Crippen LogP contribution in [0, 0.1) is 0 Å². The topological polar surface area (TPSA) is 97.1 Å². The zero-order chi connectivity index (χ0) is 16.7. The molecule has 122 valence electrons. The molecule has 0 saturated carbocycles. The number of carbonyl (C=O) groups is 2. The fourth-order valence-corrected chi connectivity index (χ4v) is 2.44. The first kappa shape index (κ1) is 16.7. The van der Waals surface area contributed by atoms with Crippen molar-refractivity contribution in [2.75, 3.05) is 6.54 Å². The number of carboxylic acid groups (broad SMARTS) is 1. The van der Waals surface area contributed by atoms with E-state index in [1.165, 1.54) is 12.7 Å². The van der Waals surface area contributed by atoms with E-state index in [2.05, 4.69) is 15.4 Å². The fraction of sp³-hybridized carbons (Fsp3) is 0.375. The fourth-order valence-electron chi connectivity index (χ4n) is 2.44. The van der Waals surface area contributed by atoms with E-state index in [1.807, 2.05) is 13.0 Å². The van der Waals surface area contributed by atoms with Crippen LogP contribution < -0.4 is 5.32 Å². The molecule has 0 aliphatic heterocycles. The Morgan fingerprint density at radius 3 is 2.61 bits per heavy atom. The highest BCUT2D eigenvalue weighted by Gasteiger charge is 2.38. The minimum Gasteiger partial charge on any atom is -0.481 e. The van der Waals surface area contributed by atoms with E-state index >= 15 is 0 Å². The number of aliphatic carboxylic acids is 1. The number of aryl methyl sites for hydroxylation is 1. The SMILES string of the molecule is CCC(CNC(=O)CCn1cncn1)(C(=O)O)c1ccccc1. The summed E-state index contributed by atoms with van der Waals surface area (Å²) in [7, 11) is 0. The molecule has 0 spiro atoms. The van der Waals surface area contributed by atoms with Crippen molar-refractivity contribution in [3.8, 4) is 0 Å². The Balaban J connectivity index is 2.01. The zero-order valence-corrected chi connectivity index (χ0v) is 13.0. The smallest absolute Gasteiger partial charge is 0.315 e. The van der Waals surface area contributed by atoms with Gasteiger partial charge in [-0.25, -0.2) is 4.98 Å². The normalized spacial score (nSPS) is 13.3. The van der Waals surface area contributed by atoms with Gasteiger partial charge in [-0.15, -0.1) is 0 Å². The highest BCUT2D eigenvalue weighted by molar-refractivity contribution is 5.83. The van der Waals surface area contributed by atoms with Gasteiger partial charge in [0.05, 0.1) is 6.54 Å². The van der Waals surface area contributed by atoms with Crippen molar-refractivity contribution in [3.63, 3.8) is 0 Å². The van der Waals surface area contributed by atoms with Crippen LogP contribution >= 0.6 is 0 Å². The van der Waals surface area contributed by atoms with Crippen molar-refractivity contribution >= 4 is 11.9 Å². The second kappa shape index (κ2) is 7.53. The average molecular weight is 316 g/mol. The molecule has 2 N–H and O–H groups in total. The predicted molar refractivity (Wildman–Crippen MR) is 83.7 cm³/mol. The van der Waals surface area contributed by atoms with Gasteiger partial charge in [0, 0.05) is 13.0 Å². The number of carbonyl (C=O) groups excluding carboxylic acids is 1. The molecule has 0 aliphatic rings. The molecule has 0 bridgehead atoms. The summed E-state index contributed by atoms with van der Waals surface area (Å²) in [6, 6.07) is 8.99. The van der Waals surface area contributed by atoms with E-state index in [-0.39, 0.29) is 18.9 Å². The number of benzene rings is 1. The lowest BCUT2D eigenvalue weighted by Crippen LogP contribution is -2.46. The van der Waals surface area contributed by atoms with E-state index in [0.717, 1.165) is 0 Å². The van der Waals surface area contributed by atoms with Crippen LogP contribution in [0.5, 0.6) is 0 Å². The monoisotopic (exact) mass is 316 g/mol. The number of nitrogens with one attached hydrogen (secondary N) is 1. The Labute approximate surface area is 134 Å². The molecule has 1 heterocycles. The summed E-state index contributed by atoms with van der Waals surface area (Å²) in [5.41, 5.74) is -0.434. The van der Waals surface area contributed by atoms with Crippen LogP contribution in [-0.4, -0.2) is 38.3 Å². The van der Waals surface area contributed by atoms with Gasteiger partial charge in [0.1, 0.15) is 18.1 Å². The van der Waals surface area contributed by atoms with E-state index in [4.69, 9.17) is 0 Å². The van der Waals surface area contributed by atoms with Gasteiger partial charge in [0.15, 0.2) is 0 Å². The molecule has 2 rings (SSSR count). The molecule has 7 nitrogen and oxygen atoms in total. The summed E-state index contributed by atoms with van der Waals surface area (Å²) in [6.45, 7) is 2.27. The second-order valence-corrected chi connectivity index (χ2v) is 5.29. The molecule has 7 heteroatoms. The Morgan fingerprint density at radius 2 is 2.04 bits per heavy atom. The lowest BCUT2D eigenvalue weighted by atomic mass is 9.78. The van der Waals surface area contributed by atoms with E-state index in [1.54, 1.807) is 28.9 Å². The second-order valence-electron chi connectivity index (χ2n) is 5.29. The summed E-state index contributed by atoms with van der Waals surface area (Å²) < 4.78 is 1.56. The summed E-state index contributed by atoms with van der Waals surface area (Å²) in [5, 5.41) is 16.4. The van der Waals surface area contributed by atoms with Gasteiger partial charge in [0.25, 0.3) is 0 Å². The van der Waals surface area contributed by atoms with Crippen molar-refractivity contribution in [1.82, 2.24) is 20.1 Å². The number of hydrogen-bond donors (Lipinski definition) is 2. The Kier molecular flexibility index (Phi) is 5.46. The quantitative estimate of drug-likeness (QED) is 0.763. The molecule has 0 radical (unpaired) electrons. The van der Waals surface area contributed by atoms with Gasteiger partial charge in [-0.3, -0.25) is 14.3 Å². The van der Waals surface area contributed by atoms with Gasteiger partial charge in [0.2, 0.25) is 5.91 Å². The van der Waals surface area contributed by atoms with Crippen molar-refractivity contribution in [2.24, 2.45) is 0 Å². The first-order chi connectivity index (χ1) is 11.1. The lowest BCUT2D eigenvalue weighted by molar-refractivity contribution is -0.144. The third-order valence-corrected chi connectivity index (χ3v) is 3.96. The minimum absolute atomic E-state index is 0.0546. The van der Waals surface area contributed by atoms with Gasteiger partial charge >= 0.3 is 5.97 Å². The van der Waals surface area contributed by atoms with Crippen LogP contribution in [0.1, 0.15) is 25.3 Å². The largest absolute Gasteiger partial charge is 0.481 e. The maximum Gasteiger partial charge on any atom is 0.315 e. The molecule has 1 aromatic carbocycles. The van der Waals surface area contributed by atoms with E-state index < -0.39 is 11.4 Å². The minimum atomic E-state index is -1.12. The lowest BCUT2D eigenvalue weighted by Gasteiger charge is -2.29. The average Bonchev–Trinajstić information content (AvgIpc) is 3.08. The third-order valence-electron chi connectivity index (χ3n) is 3.96. The maximum absolute atomic E-state index is 12.0. The van der Waals surface area contributed by atoms with Gasteiger partial charge in [-0.1, -0.05) is 37.3 Å². The summed E-state index contributed by atoms with van der Waals surface area (Å²) >= 11 is 0.